The number of rotatable bonds is 1. The molecule has 3 nitrogen and oxygen atoms in total. The SMILES string of the molecule is C[C@@H]1CN(c2cc(F)ccc2N)C[C@H](C)O1. The number of halogens is 1. The minimum atomic E-state index is -0.254. The lowest BCUT2D eigenvalue weighted by molar-refractivity contribution is -0.00518. The Bertz CT molecular complexity index is 373. The fraction of sp³-hybridized carbons (Fsp3) is 0.500. The molecule has 1 aliphatic rings. The number of ether oxygens (including phenoxy) is 1. The Hall–Kier alpha value is -1.29. The van der Waals surface area contributed by atoms with Gasteiger partial charge in [0.25, 0.3) is 0 Å². The molecule has 0 radical (unpaired) electrons. The molecule has 16 heavy (non-hydrogen) atoms. The maximum absolute atomic E-state index is 13.2. The monoisotopic (exact) mass is 224 g/mol. The molecule has 1 aliphatic heterocycles. The van der Waals surface area contributed by atoms with Gasteiger partial charge in [0.2, 0.25) is 0 Å². The van der Waals surface area contributed by atoms with Crippen molar-refractivity contribution in [1.82, 2.24) is 0 Å². The Balaban J connectivity index is 2.25. The highest BCUT2D eigenvalue weighted by Crippen LogP contribution is 2.27. The van der Waals surface area contributed by atoms with Gasteiger partial charge in [0, 0.05) is 13.1 Å². The number of nitrogen functional groups attached to an aromatic ring is 1. The maximum atomic E-state index is 13.2. The van der Waals surface area contributed by atoms with Crippen molar-refractivity contribution in [1.29, 1.82) is 0 Å². The molecule has 88 valence electrons. The van der Waals surface area contributed by atoms with Crippen LogP contribution in [-0.4, -0.2) is 25.3 Å². The molecule has 0 spiro atoms. The molecule has 1 heterocycles. The van der Waals surface area contributed by atoms with Crippen LogP contribution in [0.1, 0.15) is 13.8 Å². The van der Waals surface area contributed by atoms with Crippen molar-refractivity contribution in [3.8, 4) is 0 Å². The van der Waals surface area contributed by atoms with Crippen molar-refractivity contribution in [2.24, 2.45) is 0 Å². The van der Waals surface area contributed by atoms with E-state index in [1.807, 2.05) is 13.8 Å². The molecular weight excluding hydrogens is 207 g/mol. The number of hydrogen-bond acceptors (Lipinski definition) is 3. The lowest BCUT2D eigenvalue weighted by Crippen LogP contribution is -2.45. The van der Waals surface area contributed by atoms with E-state index in [4.69, 9.17) is 10.5 Å². The van der Waals surface area contributed by atoms with Crippen molar-refractivity contribution in [2.75, 3.05) is 23.7 Å². The second-order valence-corrected chi connectivity index (χ2v) is 4.37. The average molecular weight is 224 g/mol. The highest BCUT2D eigenvalue weighted by atomic mass is 19.1. The minimum Gasteiger partial charge on any atom is -0.397 e. The summed E-state index contributed by atoms with van der Waals surface area (Å²) in [5.74, 6) is -0.254. The first-order valence-electron chi connectivity index (χ1n) is 5.51. The van der Waals surface area contributed by atoms with E-state index in [1.54, 1.807) is 6.07 Å². The second kappa shape index (κ2) is 4.29. The van der Waals surface area contributed by atoms with Gasteiger partial charge in [-0.1, -0.05) is 0 Å². The number of nitrogens with zero attached hydrogens (tertiary/aromatic N) is 1. The third-order valence-corrected chi connectivity index (χ3v) is 2.75. The number of benzene rings is 1. The Labute approximate surface area is 95.0 Å². The summed E-state index contributed by atoms with van der Waals surface area (Å²) in [6.45, 7) is 5.52. The molecule has 1 fully saturated rings. The fourth-order valence-corrected chi connectivity index (χ4v) is 2.17. The molecule has 0 aromatic heterocycles. The quantitative estimate of drug-likeness (QED) is 0.742. The molecule has 0 aliphatic carbocycles. The molecule has 0 amide bonds. The maximum Gasteiger partial charge on any atom is 0.125 e. The zero-order valence-corrected chi connectivity index (χ0v) is 9.61. The summed E-state index contributed by atoms with van der Waals surface area (Å²) in [5, 5.41) is 0. The van der Waals surface area contributed by atoms with Gasteiger partial charge in [-0.15, -0.1) is 0 Å². The van der Waals surface area contributed by atoms with E-state index < -0.39 is 0 Å². The highest BCUT2D eigenvalue weighted by Gasteiger charge is 2.23. The van der Waals surface area contributed by atoms with Crippen LogP contribution in [0.3, 0.4) is 0 Å². The second-order valence-electron chi connectivity index (χ2n) is 4.37. The first kappa shape index (κ1) is 11.2. The lowest BCUT2D eigenvalue weighted by atomic mass is 10.1. The Kier molecular flexibility index (Phi) is 3.01. The van der Waals surface area contributed by atoms with E-state index in [9.17, 15) is 4.39 Å². The van der Waals surface area contributed by atoms with Crippen LogP contribution in [0.5, 0.6) is 0 Å². The molecule has 1 aromatic rings. The van der Waals surface area contributed by atoms with Gasteiger partial charge in [-0.3, -0.25) is 0 Å². The van der Waals surface area contributed by atoms with Gasteiger partial charge < -0.3 is 15.4 Å². The van der Waals surface area contributed by atoms with Gasteiger partial charge in [-0.05, 0) is 32.0 Å². The summed E-state index contributed by atoms with van der Waals surface area (Å²) in [5.41, 5.74) is 7.24. The number of nitrogens with two attached hydrogens (primary N) is 1. The molecule has 0 unspecified atom stereocenters. The smallest absolute Gasteiger partial charge is 0.125 e. The average Bonchev–Trinajstić information content (AvgIpc) is 2.20. The largest absolute Gasteiger partial charge is 0.397 e. The summed E-state index contributed by atoms with van der Waals surface area (Å²) in [4.78, 5) is 2.08. The molecule has 4 heteroatoms. The van der Waals surface area contributed by atoms with E-state index in [1.165, 1.54) is 12.1 Å². The van der Waals surface area contributed by atoms with E-state index in [0.29, 0.717) is 5.69 Å². The van der Waals surface area contributed by atoms with Crippen LogP contribution in [0.25, 0.3) is 0 Å². The summed E-state index contributed by atoms with van der Waals surface area (Å²) in [6, 6.07) is 4.47. The normalized spacial score (nSPS) is 25.8. The number of hydrogen-bond donors (Lipinski definition) is 1. The van der Waals surface area contributed by atoms with Gasteiger partial charge in [0.15, 0.2) is 0 Å². The molecular formula is C12H17FN2O. The van der Waals surface area contributed by atoms with Crippen LogP contribution in [0.4, 0.5) is 15.8 Å². The van der Waals surface area contributed by atoms with Crippen molar-refractivity contribution in [2.45, 2.75) is 26.1 Å². The molecule has 2 N–H and O–H groups in total. The fourth-order valence-electron chi connectivity index (χ4n) is 2.17. The van der Waals surface area contributed by atoms with Crippen molar-refractivity contribution >= 4 is 11.4 Å². The van der Waals surface area contributed by atoms with E-state index in [0.717, 1.165) is 18.8 Å². The molecule has 1 saturated heterocycles. The summed E-state index contributed by atoms with van der Waals surface area (Å²) in [7, 11) is 0. The van der Waals surface area contributed by atoms with E-state index >= 15 is 0 Å². The topological polar surface area (TPSA) is 38.5 Å². The predicted molar refractivity (Wildman–Crippen MR) is 63.0 cm³/mol. The van der Waals surface area contributed by atoms with Gasteiger partial charge in [0.05, 0.1) is 23.6 Å². The summed E-state index contributed by atoms with van der Waals surface area (Å²) in [6.07, 6.45) is 0.290. The predicted octanol–water partition coefficient (Wildman–Crippen LogP) is 2.02. The van der Waals surface area contributed by atoms with Crippen LogP contribution in [-0.2, 0) is 4.74 Å². The summed E-state index contributed by atoms with van der Waals surface area (Å²) >= 11 is 0. The first-order chi connectivity index (χ1) is 7.56. The van der Waals surface area contributed by atoms with Gasteiger partial charge in [-0.25, -0.2) is 4.39 Å². The Morgan fingerprint density at radius 3 is 2.56 bits per heavy atom. The van der Waals surface area contributed by atoms with Crippen molar-refractivity contribution in [3.63, 3.8) is 0 Å². The van der Waals surface area contributed by atoms with Crippen LogP contribution < -0.4 is 10.6 Å². The summed E-state index contributed by atoms with van der Waals surface area (Å²) < 4.78 is 18.8. The third kappa shape index (κ3) is 2.27. The van der Waals surface area contributed by atoms with Crippen LogP contribution in [0.15, 0.2) is 18.2 Å². The molecule has 0 saturated carbocycles. The number of anilines is 2. The highest BCUT2D eigenvalue weighted by molar-refractivity contribution is 5.67. The molecule has 0 bridgehead atoms. The Morgan fingerprint density at radius 1 is 1.31 bits per heavy atom. The van der Waals surface area contributed by atoms with Crippen LogP contribution in [0, 0.1) is 5.82 Å². The van der Waals surface area contributed by atoms with Gasteiger partial charge in [0.1, 0.15) is 5.82 Å². The van der Waals surface area contributed by atoms with E-state index in [-0.39, 0.29) is 18.0 Å². The molecule has 1 aromatic carbocycles. The Morgan fingerprint density at radius 2 is 1.94 bits per heavy atom. The van der Waals surface area contributed by atoms with Crippen molar-refractivity contribution in [3.05, 3.63) is 24.0 Å². The zero-order valence-electron chi connectivity index (χ0n) is 9.61. The lowest BCUT2D eigenvalue weighted by Gasteiger charge is -2.37. The van der Waals surface area contributed by atoms with Crippen molar-refractivity contribution < 1.29 is 9.13 Å². The molecule has 2 rings (SSSR count). The van der Waals surface area contributed by atoms with Gasteiger partial charge in [-0.2, -0.15) is 0 Å². The third-order valence-electron chi connectivity index (χ3n) is 2.75. The minimum absolute atomic E-state index is 0.145. The first-order valence-corrected chi connectivity index (χ1v) is 5.51. The van der Waals surface area contributed by atoms with Crippen LogP contribution >= 0.6 is 0 Å². The number of morpholine rings is 1. The zero-order chi connectivity index (χ0) is 11.7. The van der Waals surface area contributed by atoms with Crippen LogP contribution in [0.2, 0.25) is 0 Å². The van der Waals surface area contributed by atoms with Gasteiger partial charge >= 0.3 is 0 Å². The standard InChI is InChI=1S/C12H17FN2O/c1-8-6-15(7-9(2)16-8)12-5-10(13)3-4-11(12)14/h3-5,8-9H,6-7,14H2,1-2H3/t8-,9+. The molecule has 2 atom stereocenters. The van der Waals surface area contributed by atoms with E-state index in [2.05, 4.69) is 4.90 Å².